The molecule has 1 unspecified atom stereocenters. The van der Waals surface area contributed by atoms with E-state index in [1.807, 2.05) is 12.1 Å². The Labute approximate surface area is 143 Å². The third-order valence-corrected chi connectivity index (χ3v) is 6.75. The van der Waals surface area contributed by atoms with Crippen molar-refractivity contribution in [3.8, 4) is 0 Å². The van der Waals surface area contributed by atoms with E-state index in [1.54, 1.807) is 6.26 Å². The van der Waals surface area contributed by atoms with E-state index in [-0.39, 0.29) is 30.0 Å². The van der Waals surface area contributed by atoms with E-state index >= 15 is 0 Å². The molecule has 0 amide bonds. The highest BCUT2D eigenvalue weighted by molar-refractivity contribution is 5.13. The van der Waals surface area contributed by atoms with Gasteiger partial charge in [0, 0.05) is 5.92 Å². The molecule has 1 saturated carbocycles. The quantitative estimate of drug-likeness (QED) is 0.640. The largest absolute Gasteiger partial charge is 0.467 e. The molecular formula is C19H28O5. The Balaban J connectivity index is 1.77. The molecule has 3 heterocycles. The number of ether oxygens (including phenoxy) is 2. The molecule has 24 heavy (non-hydrogen) atoms. The second-order valence-electron chi connectivity index (χ2n) is 8.00. The molecule has 0 bridgehead atoms. The fraction of sp³-hybridized carbons (Fsp3) is 0.789. The van der Waals surface area contributed by atoms with Gasteiger partial charge in [-0.3, -0.25) is 5.26 Å². The highest BCUT2D eigenvalue weighted by Crippen LogP contribution is 2.58. The van der Waals surface area contributed by atoms with Crippen molar-refractivity contribution in [1.29, 1.82) is 0 Å². The lowest BCUT2D eigenvalue weighted by atomic mass is 9.57. The van der Waals surface area contributed by atoms with E-state index in [0.717, 1.165) is 31.4 Å². The van der Waals surface area contributed by atoms with Crippen molar-refractivity contribution in [3.05, 3.63) is 24.2 Å². The summed E-state index contributed by atoms with van der Waals surface area (Å²) in [6.45, 7) is 6.51. The van der Waals surface area contributed by atoms with E-state index < -0.39 is 11.9 Å². The van der Waals surface area contributed by atoms with Crippen molar-refractivity contribution in [3.63, 3.8) is 0 Å². The second kappa shape index (κ2) is 6.13. The molecular weight excluding hydrogens is 308 g/mol. The monoisotopic (exact) mass is 336 g/mol. The summed E-state index contributed by atoms with van der Waals surface area (Å²) < 4.78 is 18.2. The SMILES string of the molecule is C[C@H]1[C@H](c2ccco2)O[C@@H]2O[C@@H](C)CCC3[C@H](C)CC[C@@H]1[C@]32OO. The van der Waals surface area contributed by atoms with Gasteiger partial charge < -0.3 is 13.9 Å². The topological polar surface area (TPSA) is 61.1 Å². The minimum atomic E-state index is -0.773. The first-order valence-corrected chi connectivity index (χ1v) is 9.24. The average molecular weight is 336 g/mol. The third-order valence-electron chi connectivity index (χ3n) is 6.75. The number of rotatable bonds is 2. The molecule has 0 aromatic carbocycles. The average Bonchev–Trinajstić information content (AvgIpc) is 3.05. The van der Waals surface area contributed by atoms with Crippen molar-refractivity contribution in [1.82, 2.24) is 0 Å². The van der Waals surface area contributed by atoms with Gasteiger partial charge in [-0.25, -0.2) is 4.89 Å². The smallest absolute Gasteiger partial charge is 0.191 e. The summed E-state index contributed by atoms with van der Waals surface area (Å²) in [5.41, 5.74) is -0.773. The van der Waals surface area contributed by atoms with Gasteiger partial charge in [0.05, 0.1) is 12.4 Å². The van der Waals surface area contributed by atoms with Crippen LogP contribution in [-0.2, 0) is 14.4 Å². The molecule has 0 radical (unpaired) electrons. The maximum absolute atomic E-state index is 10.1. The Hall–Kier alpha value is -0.880. The lowest BCUT2D eigenvalue weighted by Crippen LogP contribution is -2.65. The summed E-state index contributed by atoms with van der Waals surface area (Å²) >= 11 is 0. The summed E-state index contributed by atoms with van der Waals surface area (Å²) in [7, 11) is 0. The molecule has 2 aliphatic heterocycles. The summed E-state index contributed by atoms with van der Waals surface area (Å²) in [6, 6.07) is 3.84. The van der Waals surface area contributed by atoms with Crippen LogP contribution in [-0.4, -0.2) is 23.3 Å². The van der Waals surface area contributed by atoms with E-state index in [4.69, 9.17) is 18.8 Å². The van der Waals surface area contributed by atoms with Crippen LogP contribution in [0.15, 0.2) is 22.8 Å². The second-order valence-corrected chi connectivity index (χ2v) is 8.00. The van der Waals surface area contributed by atoms with Crippen molar-refractivity contribution in [2.75, 3.05) is 0 Å². The number of hydrogen-bond donors (Lipinski definition) is 1. The van der Waals surface area contributed by atoms with Gasteiger partial charge in [0.1, 0.15) is 11.9 Å². The predicted octanol–water partition coefficient (Wildman–Crippen LogP) is 4.40. The van der Waals surface area contributed by atoms with Gasteiger partial charge in [0.2, 0.25) is 0 Å². The summed E-state index contributed by atoms with van der Waals surface area (Å²) in [6.07, 6.45) is 5.15. The fourth-order valence-electron chi connectivity index (χ4n) is 5.49. The first kappa shape index (κ1) is 16.6. The zero-order valence-corrected chi connectivity index (χ0v) is 14.7. The van der Waals surface area contributed by atoms with Gasteiger partial charge in [-0.2, -0.15) is 0 Å². The van der Waals surface area contributed by atoms with Gasteiger partial charge in [-0.15, -0.1) is 0 Å². The van der Waals surface area contributed by atoms with E-state index in [2.05, 4.69) is 20.8 Å². The first-order valence-electron chi connectivity index (χ1n) is 9.24. The Bertz CT molecular complexity index is 558. The lowest BCUT2D eigenvalue weighted by Gasteiger charge is -2.57. The maximum atomic E-state index is 10.1. The van der Waals surface area contributed by atoms with Gasteiger partial charge in [-0.1, -0.05) is 13.8 Å². The van der Waals surface area contributed by atoms with E-state index in [0.29, 0.717) is 5.92 Å². The van der Waals surface area contributed by atoms with Crippen LogP contribution in [0.1, 0.15) is 58.3 Å². The van der Waals surface area contributed by atoms with Gasteiger partial charge >= 0.3 is 0 Å². The van der Waals surface area contributed by atoms with E-state index in [1.165, 1.54) is 0 Å². The summed E-state index contributed by atoms with van der Waals surface area (Å²) in [5, 5.41) is 10.1. The molecule has 5 heteroatoms. The minimum Gasteiger partial charge on any atom is -0.467 e. The molecule has 2 saturated heterocycles. The zero-order chi connectivity index (χ0) is 16.9. The molecule has 8 atom stereocenters. The molecule has 0 spiro atoms. The molecule has 3 aliphatic rings. The molecule has 4 rings (SSSR count). The van der Waals surface area contributed by atoms with Crippen LogP contribution >= 0.6 is 0 Å². The van der Waals surface area contributed by atoms with Crippen molar-refractivity contribution in [2.45, 2.75) is 70.6 Å². The molecule has 1 aromatic rings. The van der Waals surface area contributed by atoms with Gasteiger partial charge in [0.25, 0.3) is 0 Å². The highest BCUT2D eigenvalue weighted by Gasteiger charge is 2.65. The minimum absolute atomic E-state index is 0.0890. The summed E-state index contributed by atoms with van der Waals surface area (Å²) in [5.74, 6) is 1.93. The van der Waals surface area contributed by atoms with E-state index in [9.17, 15) is 5.26 Å². The van der Waals surface area contributed by atoms with Crippen LogP contribution in [0.4, 0.5) is 0 Å². The first-order chi connectivity index (χ1) is 11.6. The van der Waals surface area contributed by atoms with Gasteiger partial charge in [0.15, 0.2) is 11.9 Å². The Morgan fingerprint density at radius 3 is 2.58 bits per heavy atom. The molecule has 5 nitrogen and oxygen atoms in total. The molecule has 1 aliphatic carbocycles. The van der Waals surface area contributed by atoms with Crippen LogP contribution in [0.2, 0.25) is 0 Å². The number of hydrogen-bond acceptors (Lipinski definition) is 5. The van der Waals surface area contributed by atoms with Crippen LogP contribution in [0.25, 0.3) is 0 Å². The number of furan rings is 1. The third kappa shape index (κ3) is 2.29. The van der Waals surface area contributed by atoms with Crippen LogP contribution in [0.3, 0.4) is 0 Å². The van der Waals surface area contributed by atoms with Crippen LogP contribution in [0.5, 0.6) is 0 Å². The van der Waals surface area contributed by atoms with Crippen molar-refractivity contribution in [2.24, 2.45) is 23.7 Å². The van der Waals surface area contributed by atoms with Crippen LogP contribution in [0, 0.1) is 23.7 Å². The molecule has 3 fully saturated rings. The van der Waals surface area contributed by atoms with Gasteiger partial charge in [-0.05, 0) is 62.5 Å². The van der Waals surface area contributed by atoms with Crippen LogP contribution < -0.4 is 0 Å². The summed E-state index contributed by atoms with van der Waals surface area (Å²) in [4.78, 5) is 5.30. The fourth-order valence-corrected chi connectivity index (χ4v) is 5.49. The Morgan fingerprint density at radius 1 is 1.08 bits per heavy atom. The Kier molecular flexibility index (Phi) is 4.23. The zero-order valence-electron chi connectivity index (χ0n) is 14.7. The molecule has 134 valence electrons. The maximum Gasteiger partial charge on any atom is 0.191 e. The van der Waals surface area contributed by atoms with Crippen molar-refractivity contribution >= 4 is 0 Å². The predicted molar refractivity (Wildman–Crippen MR) is 87.1 cm³/mol. The normalized spacial score (nSPS) is 48.6. The van der Waals surface area contributed by atoms with Crippen molar-refractivity contribution < 1.29 is 24.0 Å². The highest BCUT2D eigenvalue weighted by atomic mass is 17.1. The standard InChI is InChI=1S/C19H28O5/c1-11-6-8-15-13(3)17(16-5-4-10-21-16)23-18-19(15,24-20)14(11)9-7-12(2)22-18/h4-5,10-15,17-18,20H,6-9H2,1-3H3/t11-,12+,13-,14?,15+,17-,18+,19-/m1/s1. The molecule has 1 N–H and O–H groups in total. The lowest BCUT2D eigenvalue weighted by molar-refractivity contribution is -0.446. The molecule has 1 aromatic heterocycles. The Morgan fingerprint density at radius 2 is 1.88 bits per heavy atom.